The standard InChI is InChI=1S/C13H10F2N4O2S/c14-11(15)6-19-5-8(4-16-19)17-12(20)7-1-2-9-10(3-7)21-13(22)18-9/h1-5,11H,6H2,(H,17,20)(H,18,22). The molecule has 0 radical (unpaired) electrons. The highest BCUT2D eigenvalue weighted by molar-refractivity contribution is 7.71. The molecule has 0 aliphatic heterocycles. The van der Waals surface area contributed by atoms with Crippen LogP contribution in [0.25, 0.3) is 11.1 Å². The van der Waals surface area contributed by atoms with Crippen LogP contribution in [-0.2, 0) is 6.54 Å². The molecule has 3 aromatic rings. The summed E-state index contributed by atoms with van der Waals surface area (Å²) >= 11 is 4.87. The van der Waals surface area contributed by atoms with Crippen molar-refractivity contribution in [2.24, 2.45) is 0 Å². The SMILES string of the molecule is O=C(Nc1cnn(CC(F)F)c1)c1ccc2[nH]c(=S)oc2c1. The summed E-state index contributed by atoms with van der Waals surface area (Å²) in [6.07, 6.45) is 0.138. The number of carbonyl (C=O) groups is 1. The van der Waals surface area contributed by atoms with Crippen molar-refractivity contribution in [1.82, 2.24) is 14.8 Å². The maximum Gasteiger partial charge on any atom is 0.266 e. The van der Waals surface area contributed by atoms with E-state index < -0.39 is 18.9 Å². The number of aromatic amines is 1. The van der Waals surface area contributed by atoms with Gasteiger partial charge in [0.1, 0.15) is 6.54 Å². The van der Waals surface area contributed by atoms with Crippen LogP contribution in [0.5, 0.6) is 0 Å². The van der Waals surface area contributed by atoms with Crippen LogP contribution in [0.3, 0.4) is 0 Å². The van der Waals surface area contributed by atoms with Gasteiger partial charge in [-0.3, -0.25) is 9.48 Å². The first-order chi connectivity index (χ1) is 10.5. The van der Waals surface area contributed by atoms with E-state index in [-0.39, 0.29) is 4.84 Å². The topological polar surface area (TPSA) is 75.8 Å². The predicted molar refractivity (Wildman–Crippen MR) is 77.6 cm³/mol. The number of hydrogen-bond acceptors (Lipinski definition) is 4. The molecule has 0 bridgehead atoms. The van der Waals surface area contributed by atoms with E-state index in [1.165, 1.54) is 12.4 Å². The zero-order valence-electron chi connectivity index (χ0n) is 11.0. The van der Waals surface area contributed by atoms with Gasteiger partial charge in [-0.15, -0.1) is 0 Å². The maximum absolute atomic E-state index is 12.2. The fourth-order valence-corrected chi connectivity index (χ4v) is 2.16. The molecule has 0 unspecified atom stereocenters. The van der Waals surface area contributed by atoms with E-state index in [2.05, 4.69) is 15.4 Å². The van der Waals surface area contributed by atoms with Crippen molar-refractivity contribution in [2.45, 2.75) is 13.0 Å². The number of carbonyl (C=O) groups excluding carboxylic acids is 1. The zero-order chi connectivity index (χ0) is 15.7. The molecular formula is C13H10F2N4O2S. The summed E-state index contributed by atoms with van der Waals surface area (Å²) < 4.78 is 30.8. The van der Waals surface area contributed by atoms with Gasteiger partial charge in [0, 0.05) is 11.8 Å². The Labute approximate surface area is 127 Å². The number of aromatic nitrogens is 3. The third-order valence-electron chi connectivity index (χ3n) is 2.90. The summed E-state index contributed by atoms with van der Waals surface area (Å²) in [7, 11) is 0. The average molecular weight is 324 g/mol. The summed E-state index contributed by atoms with van der Waals surface area (Å²) in [5.74, 6) is -0.402. The van der Waals surface area contributed by atoms with Crippen molar-refractivity contribution >= 4 is 34.9 Å². The van der Waals surface area contributed by atoms with Gasteiger partial charge in [0.2, 0.25) is 0 Å². The van der Waals surface area contributed by atoms with Gasteiger partial charge >= 0.3 is 0 Å². The molecule has 0 atom stereocenters. The van der Waals surface area contributed by atoms with Crippen LogP contribution < -0.4 is 5.32 Å². The molecule has 1 aromatic carbocycles. The number of nitrogens with one attached hydrogen (secondary N) is 2. The molecule has 114 valence electrons. The Hall–Kier alpha value is -2.55. The second-order valence-corrected chi connectivity index (χ2v) is 4.89. The Morgan fingerprint density at radius 1 is 1.50 bits per heavy atom. The van der Waals surface area contributed by atoms with Crippen molar-refractivity contribution in [1.29, 1.82) is 0 Å². The number of fused-ring (bicyclic) bond motifs is 1. The fourth-order valence-electron chi connectivity index (χ4n) is 1.96. The molecule has 0 saturated carbocycles. The minimum absolute atomic E-state index is 0.223. The molecule has 2 aromatic heterocycles. The largest absolute Gasteiger partial charge is 0.429 e. The van der Waals surface area contributed by atoms with E-state index in [9.17, 15) is 13.6 Å². The predicted octanol–water partition coefficient (Wildman–Crippen LogP) is 3.20. The van der Waals surface area contributed by atoms with Gasteiger partial charge in [-0.2, -0.15) is 5.10 Å². The van der Waals surface area contributed by atoms with Gasteiger partial charge in [-0.25, -0.2) is 8.78 Å². The maximum atomic E-state index is 12.2. The smallest absolute Gasteiger partial charge is 0.266 e. The van der Waals surface area contributed by atoms with E-state index in [1.54, 1.807) is 18.2 Å². The number of oxazole rings is 1. The van der Waals surface area contributed by atoms with Crippen LogP contribution in [-0.4, -0.2) is 27.1 Å². The van der Waals surface area contributed by atoms with Crippen molar-refractivity contribution in [3.63, 3.8) is 0 Å². The zero-order valence-corrected chi connectivity index (χ0v) is 11.9. The van der Waals surface area contributed by atoms with Gasteiger partial charge in [0.25, 0.3) is 17.2 Å². The highest BCUT2D eigenvalue weighted by Gasteiger charge is 2.11. The van der Waals surface area contributed by atoms with Gasteiger partial charge in [0.15, 0.2) is 5.58 Å². The monoisotopic (exact) mass is 324 g/mol. The van der Waals surface area contributed by atoms with E-state index >= 15 is 0 Å². The first-order valence-electron chi connectivity index (χ1n) is 6.26. The van der Waals surface area contributed by atoms with E-state index in [0.717, 1.165) is 4.68 Å². The number of anilines is 1. The number of H-pyrrole nitrogens is 1. The van der Waals surface area contributed by atoms with Crippen LogP contribution in [0.4, 0.5) is 14.5 Å². The number of hydrogen-bond donors (Lipinski definition) is 2. The highest BCUT2D eigenvalue weighted by atomic mass is 32.1. The van der Waals surface area contributed by atoms with Crippen molar-refractivity contribution in [3.05, 3.63) is 41.0 Å². The summed E-state index contributed by atoms with van der Waals surface area (Å²) in [6.45, 7) is -0.522. The Bertz CT molecular complexity index is 883. The number of nitrogens with zero attached hydrogens (tertiary/aromatic N) is 2. The van der Waals surface area contributed by atoms with Crippen molar-refractivity contribution in [3.8, 4) is 0 Å². The molecule has 0 fully saturated rings. The van der Waals surface area contributed by atoms with Crippen LogP contribution in [0.2, 0.25) is 0 Å². The summed E-state index contributed by atoms with van der Waals surface area (Å²) in [5.41, 5.74) is 1.84. The molecule has 0 spiro atoms. The van der Waals surface area contributed by atoms with Crippen molar-refractivity contribution in [2.75, 3.05) is 5.32 Å². The molecule has 6 nitrogen and oxygen atoms in total. The van der Waals surface area contributed by atoms with E-state index in [0.29, 0.717) is 22.4 Å². The van der Waals surface area contributed by atoms with Gasteiger partial charge in [-0.05, 0) is 30.4 Å². The second-order valence-electron chi connectivity index (χ2n) is 4.52. The first-order valence-corrected chi connectivity index (χ1v) is 6.67. The molecule has 22 heavy (non-hydrogen) atoms. The van der Waals surface area contributed by atoms with Crippen LogP contribution >= 0.6 is 12.2 Å². The first kappa shape index (κ1) is 14.4. The lowest BCUT2D eigenvalue weighted by Gasteiger charge is -2.02. The second kappa shape index (κ2) is 5.68. The fraction of sp³-hybridized carbons (Fsp3) is 0.154. The molecule has 0 aliphatic rings. The number of halogens is 2. The minimum Gasteiger partial charge on any atom is -0.429 e. The van der Waals surface area contributed by atoms with Crippen molar-refractivity contribution < 1.29 is 18.0 Å². The minimum atomic E-state index is -2.51. The molecule has 0 aliphatic carbocycles. The highest BCUT2D eigenvalue weighted by Crippen LogP contribution is 2.17. The Morgan fingerprint density at radius 3 is 3.09 bits per heavy atom. The average Bonchev–Trinajstić information content (AvgIpc) is 3.02. The molecule has 3 rings (SSSR count). The quantitative estimate of drug-likeness (QED) is 0.723. The number of amides is 1. The van der Waals surface area contributed by atoms with Crippen LogP contribution in [0.1, 0.15) is 10.4 Å². The lowest BCUT2D eigenvalue weighted by atomic mass is 10.2. The molecule has 1 amide bonds. The molecule has 9 heteroatoms. The number of benzene rings is 1. The van der Waals surface area contributed by atoms with E-state index in [1.807, 2.05) is 0 Å². The van der Waals surface area contributed by atoms with E-state index in [4.69, 9.17) is 16.6 Å². The molecule has 2 heterocycles. The molecule has 2 N–H and O–H groups in total. The summed E-state index contributed by atoms with van der Waals surface area (Å²) in [6, 6.07) is 4.81. The van der Waals surface area contributed by atoms with Crippen LogP contribution in [0.15, 0.2) is 35.0 Å². The van der Waals surface area contributed by atoms with Crippen LogP contribution in [0, 0.1) is 4.84 Å². The van der Waals surface area contributed by atoms with Gasteiger partial charge in [0.05, 0.1) is 17.4 Å². The summed E-state index contributed by atoms with van der Waals surface area (Å²) in [5, 5.41) is 6.32. The third-order valence-corrected chi connectivity index (χ3v) is 3.08. The lowest BCUT2D eigenvalue weighted by molar-refractivity contribution is 0.102. The lowest BCUT2D eigenvalue weighted by Crippen LogP contribution is -2.11. The Balaban J connectivity index is 1.77. The van der Waals surface area contributed by atoms with Gasteiger partial charge in [-0.1, -0.05) is 0 Å². The normalized spacial score (nSPS) is 11.2. The number of rotatable bonds is 4. The molecule has 0 saturated heterocycles. The summed E-state index contributed by atoms with van der Waals surface area (Å²) in [4.78, 5) is 15.2. The number of alkyl halides is 2. The molecular weight excluding hydrogens is 314 g/mol. The Morgan fingerprint density at radius 2 is 2.32 bits per heavy atom. The van der Waals surface area contributed by atoms with Gasteiger partial charge < -0.3 is 14.7 Å². The third kappa shape index (κ3) is 3.03. The Kier molecular flexibility index (Phi) is 3.72.